The maximum atomic E-state index is 12.7. The summed E-state index contributed by atoms with van der Waals surface area (Å²) in [6, 6.07) is 14.4. The Morgan fingerprint density at radius 3 is 2.47 bits per heavy atom. The molecule has 4 aromatic rings. The predicted molar refractivity (Wildman–Crippen MR) is 119 cm³/mol. The number of rotatable bonds is 4. The highest BCUT2D eigenvalue weighted by molar-refractivity contribution is 6.30. The Labute approximate surface area is 177 Å². The molecule has 0 spiro atoms. The molecule has 0 saturated heterocycles. The van der Waals surface area contributed by atoms with Gasteiger partial charge in [0.1, 0.15) is 10.7 Å². The zero-order valence-electron chi connectivity index (χ0n) is 16.8. The Morgan fingerprint density at radius 1 is 1.07 bits per heavy atom. The fourth-order valence-corrected chi connectivity index (χ4v) is 3.61. The number of methoxy groups -OCH3 is 1. The maximum Gasteiger partial charge on any atom is 0.269 e. The lowest BCUT2D eigenvalue weighted by molar-refractivity contribution is 0.399. The van der Waals surface area contributed by atoms with Gasteiger partial charge < -0.3 is 14.3 Å². The first-order chi connectivity index (χ1) is 14.4. The van der Waals surface area contributed by atoms with Gasteiger partial charge in [0.05, 0.1) is 18.2 Å². The number of H-pyrrole nitrogens is 1. The van der Waals surface area contributed by atoms with Crippen LogP contribution in [0.3, 0.4) is 0 Å². The quantitative estimate of drug-likeness (QED) is 0.519. The summed E-state index contributed by atoms with van der Waals surface area (Å²) in [5.41, 5.74) is 2.90. The molecule has 0 bridgehead atoms. The van der Waals surface area contributed by atoms with Gasteiger partial charge in [-0.25, -0.2) is 4.98 Å². The van der Waals surface area contributed by atoms with Crippen LogP contribution in [0.4, 0.5) is 0 Å². The van der Waals surface area contributed by atoms with Crippen LogP contribution in [0.5, 0.6) is 5.88 Å². The number of nitrogens with one attached hydrogen (secondary N) is 1. The predicted octanol–water partition coefficient (Wildman–Crippen LogP) is 4.66. The van der Waals surface area contributed by atoms with Crippen molar-refractivity contribution in [2.75, 3.05) is 7.11 Å². The van der Waals surface area contributed by atoms with Gasteiger partial charge in [0, 0.05) is 35.0 Å². The summed E-state index contributed by atoms with van der Waals surface area (Å²) in [5.74, 6) is 0.336. The molecule has 0 fully saturated rings. The number of aromatic amines is 1. The van der Waals surface area contributed by atoms with Crippen LogP contribution in [0, 0.1) is 0 Å². The molecule has 6 nitrogen and oxygen atoms in total. The van der Waals surface area contributed by atoms with E-state index in [2.05, 4.69) is 4.98 Å². The molecule has 0 atom stereocenters. The molecule has 1 aromatic carbocycles. The Bertz CT molecular complexity index is 1360. The first-order valence-electron chi connectivity index (χ1n) is 9.48. The number of hydrogen-bond donors (Lipinski definition) is 1. The minimum absolute atomic E-state index is 0.0730. The van der Waals surface area contributed by atoms with Crippen LogP contribution in [0.15, 0.2) is 64.3 Å². The monoisotopic (exact) mass is 421 g/mol. The smallest absolute Gasteiger partial charge is 0.269 e. The third kappa shape index (κ3) is 3.50. The van der Waals surface area contributed by atoms with Crippen molar-refractivity contribution in [3.8, 4) is 28.3 Å². The van der Waals surface area contributed by atoms with Crippen molar-refractivity contribution < 1.29 is 4.74 Å². The highest BCUT2D eigenvalue weighted by atomic mass is 35.5. The van der Waals surface area contributed by atoms with Gasteiger partial charge in [-0.3, -0.25) is 9.59 Å². The number of halogens is 1. The molecule has 0 saturated carbocycles. The number of pyridine rings is 3. The maximum absolute atomic E-state index is 12.7. The van der Waals surface area contributed by atoms with Crippen molar-refractivity contribution in [1.82, 2.24) is 14.5 Å². The average Bonchev–Trinajstić information content (AvgIpc) is 2.75. The first-order valence-corrected chi connectivity index (χ1v) is 9.86. The van der Waals surface area contributed by atoms with Gasteiger partial charge in [0.25, 0.3) is 5.56 Å². The minimum atomic E-state index is -0.256. The minimum Gasteiger partial charge on any atom is -0.482 e. The van der Waals surface area contributed by atoms with E-state index in [9.17, 15) is 9.59 Å². The van der Waals surface area contributed by atoms with Crippen molar-refractivity contribution in [1.29, 1.82) is 0 Å². The number of nitrogens with zero attached hydrogens (tertiary/aromatic N) is 2. The fourth-order valence-electron chi connectivity index (χ4n) is 3.39. The van der Waals surface area contributed by atoms with Gasteiger partial charge in [0.15, 0.2) is 11.3 Å². The van der Waals surface area contributed by atoms with Crippen LogP contribution in [-0.4, -0.2) is 21.6 Å². The fraction of sp³-hybridized carbons (Fsp3) is 0.174. The highest BCUT2D eigenvalue weighted by Gasteiger charge is 2.17. The molecule has 30 heavy (non-hydrogen) atoms. The van der Waals surface area contributed by atoms with Crippen LogP contribution in [0.1, 0.15) is 19.9 Å². The second-order valence-corrected chi connectivity index (χ2v) is 7.64. The molecule has 0 amide bonds. The normalized spacial score (nSPS) is 11.2. The summed E-state index contributed by atoms with van der Waals surface area (Å²) in [6.45, 7) is 3.82. The van der Waals surface area contributed by atoms with E-state index < -0.39 is 0 Å². The van der Waals surface area contributed by atoms with Gasteiger partial charge in [-0.05, 0) is 26.0 Å². The van der Waals surface area contributed by atoms with Gasteiger partial charge >= 0.3 is 0 Å². The van der Waals surface area contributed by atoms with Gasteiger partial charge in [0.2, 0.25) is 0 Å². The summed E-state index contributed by atoms with van der Waals surface area (Å²) < 4.78 is 6.76. The number of benzene rings is 1. The molecule has 0 radical (unpaired) electrons. The first kappa shape index (κ1) is 19.9. The molecule has 3 aromatic heterocycles. The third-order valence-electron chi connectivity index (χ3n) is 4.93. The van der Waals surface area contributed by atoms with E-state index in [4.69, 9.17) is 21.3 Å². The van der Waals surface area contributed by atoms with Crippen molar-refractivity contribution >= 4 is 22.6 Å². The zero-order chi connectivity index (χ0) is 21.4. The van der Waals surface area contributed by atoms with Gasteiger partial charge in [-0.1, -0.05) is 41.9 Å². The van der Waals surface area contributed by atoms with Crippen molar-refractivity contribution in [2.45, 2.75) is 19.9 Å². The summed E-state index contributed by atoms with van der Waals surface area (Å²) in [6.07, 6.45) is 1.76. The molecule has 0 unspecified atom stereocenters. The molecule has 0 aliphatic heterocycles. The lowest BCUT2D eigenvalue weighted by atomic mass is 9.99. The van der Waals surface area contributed by atoms with Gasteiger partial charge in [-0.15, -0.1) is 0 Å². The van der Waals surface area contributed by atoms with E-state index in [1.165, 1.54) is 13.2 Å². The Morgan fingerprint density at radius 2 is 1.80 bits per heavy atom. The highest BCUT2D eigenvalue weighted by Crippen LogP contribution is 2.33. The van der Waals surface area contributed by atoms with E-state index in [1.54, 1.807) is 22.9 Å². The van der Waals surface area contributed by atoms with E-state index in [1.807, 2.05) is 44.2 Å². The summed E-state index contributed by atoms with van der Waals surface area (Å²) in [5, 5.41) is 0.535. The van der Waals surface area contributed by atoms with Crippen LogP contribution in [0.25, 0.3) is 33.4 Å². The van der Waals surface area contributed by atoms with Crippen LogP contribution >= 0.6 is 11.6 Å². The van der Waals surface area contributed by atoms with Crippen LogP contribution in [0.2, 0.25) is 5.02 Å². The lowest BCUT2D eigenvalue weighted by Gasteiger charge is -2.16. The second-order valence-electron chi connectivity index (χ2n) is 7.23. The molecule has 3 heterocycles. The lowest BCUT2D eigenvalue weighted by Crippen LogP contribution is -2.21. The standard InChI is InChI=1S/C23H20ClN3O3/c1-13(2)27-12-15(9-18(24)23(27)29)16-10-17-19(28)11-20(30-3)25-22(17)26-21(16)14-7-5-4-6-8-14/h4-13H,1-3H3,(H,25,26,28). The number of fused-ring (bicyclic) bond motifs is 1. The Kier molecular flexibility index (Phi) is 5.18. The summed E-state index contributed by atoms with van der Waals surface area (Å²) in [4.78, 5) is 32.9. The molecule has 7 heteroatoms. The molecule has 152 valence electrons. The van der Waals surface area contributed by atoms with E-state index in [0.717, 1.165) is 5.56 Å². The zero-order valence-corrected chi connectivity index (χ0v) is 17.5. The molecule has 0 aliphatic carbocycles. The molecular formula is C23H20ClN3O3. The average molecular weight is 422 g/mol. The Balaban J connectivity index is 2.10. The number of aromatic nitrogens is 3. The summed E-state index contributed by atoms with van der Waals surface area (Å²) >= 11 is 6.26. The van der Waals surface area contributed by atoms with Crippen molar-refractivity contribution in [3.63, 3.8) is 0 Å². The largest absolute Gasteiger partial charge is 0.482 e. The molecule has 0 aliphatic rings. The molecule has 1 N–H and O–H groups in total. The summed E-state index contributed by atoms with van der Waals surface area (Å²) in [7, 11) is 1.49. The van der Waals surface area contributed by atoms with Crippen molar-refractivity contribution in [3.05, 3.63) is 80.3 Å². The van der Waals surface area contributed by atoms with Crippen LogP contribution < -0.4 is 15.7 Å². The van der Waals surface area contributed by atoms with E-state index >= 15 is 0 Å². The van der Waals surface area contributed by atoms with E-state index in [-0.39, 0.29) is 22.1 Å². The van der Waals surface area contributed by atoms with Crippen molar-refractivity contribution in [2.24, 2.45) is 0 Å². The van der Waals surface area contributed by atoms with Gasteiger partial charge in [-0.2, -0.15) is 0 Å². The third-order valence-corrected chi connectivity index (χ3v) is 5.20. The second kappa shape index (κ2) is 7.80. The van der Waals surface area contributed by atoms with E-state index in [0.29, 0.717) is 33.7 Å². The van der Waals surface area contributed by atoms with Crippen LogP contribution in [-0.2, 0) is 0 Å². The topological polar surface area (TPSA) is 77.0 Å². The SMILES string of the molecule is COc1cc(=O)c2cc(-c3cc(Cl)c(=O)n(C(C)C)c3)c(-c3ccccc3)nc2[nH]1. The number of hydrogen-bond acceptors (Lipinski definition) is 4. The Hall–Kier alpha value is -3.38. The molecular weight excluding hydrogens is 402 g/mol. The number of ether oxygens (including phenoxy) is 1. The molecule has 4 rings (SSSR count).